The van der Waals surface area contributed by atoms with E-state index < -0.39 is 5.97 Å². The number of carbonyl (C=O) groups is 2. The van der Waals surface area contributed by atoms with Gasteiger partial charge in [0.2, 0.25) is 0 Å². The number of amides is 1. The summed E-state index contributed by atoms with van der Waals surface area (Å²) < 4.78 is 1.72. The Kier molecular flexibility index (Phi) is 3.87. The molecule has 114 valence electrons. The number of carboxylic acid groups (broad SMARTS) is 1. The van der Waals surface area contributed by atoms with Crippen LogP contribution in [0.5, 0.6) is 0 Å². The number of piperidine rings is 1. The lowest BCUT2D eigenvalue weighted by atomic mass is 9.95. The lowest BCUT2D eigenvalue weighted by Gasteiger charge is -2.31. The molecule has 1 aromatic heterocycles. The Balaban J connectivity index is 1.63. The first-order valence-electron chi connectivity index (χ1n) is 7.27. The van der Waals surface area contributed by atoms with Crippen LogP contribution in [0.2, 0.25) is 0 Å². The summed E-state index contributed by atoms with van der Waals surface area (Å²) in [5, 5.41) is 20.0. The maximum atomic E-state index is 12.4. The number of hydrogen-bond acceptors (Lipinski definition) is 5. The molecule has 3 rings (SSSR count). The SMILES string of the molecule is O=C(O)CC1CCCN(C(=O)c2cn(C3CNC3)nn2)C1. The maximum absolute atomic E-state index is 12.4. The van der Waals surface area contributed by atoms with Crippen LogP contribution < -0.4 is 5.32 Å². The molecule has 1 aromatic rings. The molecule has 1 amide bonds. The van der Waals surface area contributed by atoms with Crippen LogP contribution >= 0.6 is 0 Å². The van der Waals surface area contributed by atoms with E-state index in [1.807, 2.05) is 0 Å². The smallest absolute Gasteiger partial charge is 0.303 e. The average molecular weight is 293 g/mol. The van der Waals surface area contributed by atoms with Crippen LogP contribution in [-0.4, -0.2) is 63.1 Å². The molecule has 3 heterocycles. The predicted octanol–water partition coefficient (Wildman–Crippen LogP) is -0.251. The second-order valence-electron chi connectivity index (χ2n) is 5.75. The van der Waals surface area contributed by atoms with Crippen molar-refractivity contribution >= 4 is 11.9 Å². The standard InChI is InChI=1S/C13H19N5O3/c19-12(20)4-9-2-1-3-17(7-9)13(21)11-8-18(16-15-11)10-5-14-6-10/h8-10,14H,1-7H2,(H,19,20). The number of hydrogen-bond donors (Lipinski definition) is 2. The van der Waals surface area contributed by atoms with E-state index in [1.165, 1.54) is 0 Å². The van der Waals surface area contributed by atoms with E-state index >= 15 is 0 Å². The van der Waals surface area contributed by atoms with E-state index in [-0.39, 0.29) is 24.3 Å². The number of nitrogens with zero attached hydrogens (tertiary/aromatic N) is 4. The second kappa shape index (κ2) is 5.80. The average Bonchev–Trinajstić information content (AvgIpc) is 2.84. The minimum Gasteiger partial charge on any atom is -0.481 e. The summed E-state index contributed by atoms with van der Waals surface area (Å²) in [6, 6.07) is 0.278. The van der Waals surface area contributed by atoms with Gasteiger partial charge >= 0.3 is 5.97 Å². The van der Waals surface area contributed by atoms with Gasteiger partial charge in [-0.15, -0.1) is 5.10 Å². The number of nitrogens with one attached hydrogen (secondary N) is 1. The maximum Gasteiger partial charge on any atom is 0.303 e. The molecule has 21 heavy (non-hydrogen) atoms. The van der Waals surface area contributed by atoms with Gasteiger partial charge in [-0.25, -0.2) is 4.68 Å². The molecule has 1 unspecified atom stereocenters. The molecule has 8 nitrogen and oxygen atoms in total. The van der Waals surface area contributed by atoms with Gasteiger partial charge in [-0.05, 0) is 18.8 Å². The van der Waals surface area contributed by atoms with Crippen LogP contribution in [0.4, 0.5) is 0 Å². The van der Waals surface area contributed by atoms with Crippen LogP contribution in [-0.2, 0) is 4.79 Å². The van der Waals surface area contributed by atoms with Gasteiger partial charge in [0, 0.05) is 32.6 Å². The zero-order chi connectivity index (χ0) is 14.8. The highest BCUT2D eigenvalue weighted by Gasteiger charge is 2.28. The minimum absolute atomic E-state index is 0.0334. The third kappa shape index (κ3) is 3.05. The van der Waals surface area contributed by atoms with Gasteiger partial charge < -0.3 is 15.3 Å². The lowest BCUT2D eigenvalue weighted by Crippen LogP contribution is -2.43. The highest BCUT2D eigenvalue weighted by Crippen LogP contribution is 2.21. The highest BCUT2D eigenvalue weighted by atomic mass is 16.4. The van der Waals surface area contributed by atoms with Gasteiger partial charge in [-0.1, -0.05) is 5.21 Å². The van der Waals surface area contributed by atoms with Crippen LogP contribution in [0.25, 0.3) is 0 Å². The minimum atomic E-state index is -0.808. The van der Waals surface area contributed by atoms with Crippen molar-refractivity contribution in [2.75, 3.05) is 26.2 Å². The van der Waals surface area contributed by atoms with Crippen molar-refractivity contribution in [2.45, 2.75) is 25.3 Å². The van der Waals surface area contributed by atoms with E-state index in [0.29, 0.717) is 18.8 Å². The quantitative estimate of drug-likeness (QED) is 0.794. The molecule has 0 aromatic carbocycles. The van der Waals surface area contributed by atoms with Crippen molar-refractivity contribution < 1.29 is 14.7 Å². The van der Waals surface area contributed by atoms with Crippen molar-refractivity contribution in [2.24, 2.45) is 5.92 Å². The van der Waals surface area contributed by atoms with Crippen LogP contribution in [0.1, 0.15) is 35.8 Å². The summed E-state index contributed by atoms with van der Waals surface area (Å²) in [4.78, 5) is 24.9. The Bertz CT molecular complexity index is 540. The molecule has 2 aliphatic rings. The van der Waals surface area contributed by atoms with Gasteiger partial charge in [0.05, 0.1) is 12.2 Å². The predicted molar refractivity (Wildman–Crippen MR) is 72.8 cm³/mol. The fraction of sp³-hybridized carbons (Fsp3) is 0.692. The Hall–Kier alpha value is -1.96. The van der Waals surface area contributed by atoms with Crippen LogP contribution in [0, 0.1) is 5.92 Å². The second-order valence-corrected chi connectivity index (χ2v) is 5.75. The van der Waals surface area contributed by atoms with Crippen LogP contribution in [0.3, 0.4) is 0 Å². The first kappa shape index (κ1) is 14.0. The largest absolute Gasteiger partial charge is 0.481 e. The van der Waals surface area contributed by atoms with E-state index in [9.17, 15) is 9.59 Å². The summed E-state index contributed by atoms with van der Waals surface area (Å²) in [6.07, 6.45) is 3.50. The van der Waals surface area contributed by atoms with Gasteiger partial charge in [0.1, 0.15) is 0 Å². The van der Waals surface area contributed by atoms with Crippen molar-refractivity contribution in [1.82, 2.24) is 25.2 Å². The Morgan fingerprint density at radius 2 is 2.24 bits per heavy atom. The van der Waals surface area contributed by atoms with Gasteiger partial charge in [-0.3, -0.25) is 9.59 Å². The summed E-state index contributed by atoms with van der Waals surface area (Å²) >= 11 is 0. The van der Waals surface area contributed by atoms with E-state index in [2.05, 4.69) is 15.6 Å². The molecule has 2 aliphatic heterocycles. The van der Waals surface area contributed by atoms with E-state index in [1.54, 1.807) is 15.8 Å². The summed E-state index contributed by atoms with van der Waals surface area (Å²) in [7, 11) is 0. The Morgan fingerprint density at radius 1 is 1.43 bits per heavy atom. The highest BCUT2D eigenvalue weighted by molar-refractivity contribution is 5.92. The van der Waals surface area contributed by atoms with Crippen molar-refractivity contribution in [3.05, 3.63) is 11.9 Å². The number of carboxylic acids is 1. The molecular weight excluding hydrogens is 274 g/mol. The molecule has 0 aliphatic carbocycles. The van der Waals surface area contributed by atoms with Crippen molar-refractivity contribution in [3.63, 3.8) is 0 Å². The third-order valence-electron chi connectivity index (χ3n) is 4.13. The summed E-state index contributed by atoms with van der Waals surface area (Å²) in [5.74, 6) is -0.924. The number of aromatic nitrogens is 3. The number of carbonyl (C=O) groups excluding carboxylic acids is 1. The zero-order valence-corrected chi connectivity index (χ0v) is 11.7. The van der Waals surface area contributed by atoms with Gasteiger partial charge in [-0.2, -0.15) is 0 Å². The lowest BCUT2D eigenvalue weighted by molar-refractivity contribution is -0.138. The first-order chi connectivity index (χ1) is 10.1. The normalized spacial score (nSPS) is 22.9. The molecule has 8 heteroatoms. The molecule has 0 spiro atoms. The molecular formula is C13H19N5O3. The fourth-order valence-corrected chi connectivity index (χ4v) is 2.84. The van der Waals surface area contributed by atoms with Crippen molar-refractivity contribution in [1.29, 1.82) is 0 Å². The van der Waals surface area contributed by atoms with Crippen molar-refractivity contribution in [3.8, 4) is 0 Å². The van der Waals surface area contributed by atoms with Gasteiger partial charge in [0.25, 0.3) is 5.91 Å². The fourth-order valence-electron chi connectivity index (χ4n) is 2.84. The monoisotopic (exact) mass is 293 g/mol. The molecule has 0 saturated carbocycles. The summed E-state index contributed by atoms with van der Waals surface area (Å²) in [6.45, 7) is 2.85. The molecule has 2 N–H and O–H groups in total. The van der Waals surface area contributed by atoms with Crippen LogP contribution in [0.15, 0.2) is 6.20 Å². The number of aliphatic carboxylic acids is 1. The Labute approximate surface area is 122 Å². The van der Waals surface area contributed by atoms with Gasteiger partial charge in [0.15, 0.2) is 5.69 Å². The Morgan fingerprint density at radius 3 is 2.90 bits per heavy atom. The van der Waals surface area contributed by atoms with E-state index in [0.717, 1.165) is 25.9 Å². The summed E-state index contributed by atoms with van der Waals surface area (Å²) in [5.41, 5.74) is 0.345. The first-order valence-corrected chi connectivity index (χ1v) is 7.27. The topological polar surface area (TPSA) is 100 Å². The molecule has 1 atom stereocenters. The third-order valence-corrected chi connectivity index (χ3v) is 4.13. The van der Waals surface area contributed by atoms with E-state index in [4.69, 9.17) is 5.11 Å². The molecule has 2 saturated heterocycles. The number of likely N-dealkylation sites (tertiary alicyclic amines) is 1. The molecule has 0 radical (unpaired) electrons. The number of rotatable bonds is 4. The molecule has 0 bridgehead atoms. The molecule has 2 fully saturated rings. The zero-order valence-electron chi connectivity index (χ0n) is 11.7.